The van der Waals surface area contributed by atoms with Gasteiger partial charge in [-0.3, -0.25) is 0 Å². The monoisotopic (exact) mass is 274 g/mol. The van der Waals surface area contributed by atoms with Crippen LogP contribution in [0.2, 0.25) is 0 Å². The van der Waals surface area contributed by atoms with E-state index < -0.39 is 5.60 Å². The van der Waals surface area contributed by atoms with Crippen LogP contribution in [0.3, 0.4) is 0 Å². The van der Waals surface area contributed by atoms with Crippen molar-refractivity contribution in [1.82, 2.24) is 10.2 Å². The molecule has 3 nitrogen and oxygen atoms in total. The minimum Gasteiger partial charge on any atom is -0.388 e. The summed E-state index contributed by atoms with van der Waals surface area (Å²) in [5, 5.41) is 14.7. The molecule has 0 radical (unpaired) electrons. The quantitative estimate of drug-likeness (QED) is 0.886. The highest BCUT2D eigenvalue weighted by Gasteiger charge is 2.41. The standard InChI is InChI=1S/C17H26N2O/c1-2-11-19-12-8-17(20,9-13-19)16-15-6-4-3-5-14(15)7-10-18-16/h3-6,16,18,20H,2,7-13H2,1H3. The summed E-state index contributed by atoms with van der Waals surface area (Å²) < 4.78 is 0. The van der Waals surface area contributed by atoms with Gasteiger partial charge in [0.2, 0.25) is 0 Å². The van der Waals surface area contributed by atoms with E-state index in [1.165, 1.54) is 17.5 Å². The zero-order valence-electron chi connectivity index (χ0n) is 12.4. The molecule has 0 bridgehead atoms. The van der Waals surface area contributed by atoms with Crippen molar-refractivity contribution in [3.05, 3.63) is 35.4 Å². The molecule has 2 heterocycles. The van der Waals surface area contributed by atoms with Crippen LogP contribution < -0.4 is 5.32 Å². The van der Waals surface area contributed by atoms with Gasteiger partial charge in [-0.05, 0) is 49.9 Å². The third kappa shape index (κ3) is 2.62. The Kier molecular flexibility index (Phi) is 4.11. The van der Waals surface area contributed by atoms with Crippen LogP contribution in [0, 0.1) is 0 Å². The highest BCUT2D eigenvalue weighted by atomic mass is 16.3. The summed E-state index contributed by atoms with van der Waals surface area (Å²) in [6, 6.07) is 8.70. The van der Waals surface area contributed by atoms with Crippen LogP contribution in [0.1, 0.15) is 43.4 Å². The molecule has 110 valence electrons. The van der Waals surface area contributed by atoms with E-state index in [-0.39, 0.29) is 6.04 Å². The first-order valence-corrected chi connectivity index (χ1v) is 7.99. The first kappa shape index (κ1) is 14.1. The molecule has 0 spiro atoms. The molecule has 2 aliphatic rings. The molecular formula is C17H26N2O. The fourth-order valence-corrected chi connectivity index (χ4v) is 3.75. The molecule has 1 atom stereocenters. The Morgan fingerprint density at radius 1 is 1.30 bits per heavy atom. The first-order chi connectivity index (χ1) is 9.73. The molecule has 3 rings (SSSR count). The topological polar surface area (TPSA) is 35.5 Å². The fraction of sp³-hybridized carbons (Fsp3) is 0.647. The number of fused-ring (bicyclic) bond motifs is 1. The van der Waals surface area contributed by atoms with Gasteiger partial charge in [-0.15, -0.1) is 0 Å². The number of rotatable bonds is 3. The van der Waals surface area contributed by atoms with Crippen molar-refractivity contribution in [3.8, 4) is 0 Å². The normalized spacial score (nSPS) is 26.2. The largest absolute Gasteiger partial charge is 0.388 e. The van der Waals surface area contributed by atoms with Crippen molar-refractivity contribution in [2.45, 2.75) is 44.2 Å². The Morgan fingerprint density at radius 2 is 2.05 bits per heavy atom. The number of piperidine rings is 1. The van der Waals surface area contributed by atoms with Gasteiger partial charge in [0.25, 0.3) is 0 Å². The Bertz CT molecular complexity index is 452. The summed E-state index contributed by atoms with van der Waals surface area (Å²) in [4.78, 5) is 2.48. The van der Waals surface area contributed by atoms with Gasteiger partial charge in [-0.2, -0.15) is 0 Å². The summed E-state index contributed by atoms with van der Waals surface area (Å²) >= 11 is 0. The summed E-state index contributed by atoms with van der Waals surface area (Å²) in [6.07, 6.45) is 4.02. The van der Waals surface area contributed by atoms with Crippen molar-refractivity contribution < 1.29 is 5.11 Å². The number of hydrogen-bond donors (Lipinski definition) is 2. The lowest BCUT2D eigenvalue weighted by molar-refractivity contribution is -0.0528. The molecule has 20 heavy (non-hydrogen) atoms. The summed E-state index contributed by atoms with van der Waals surface area (Å²) in [6.45, 7) is 6.39. The Labute approximate surface area is 122 Å². The molecule has 3 heteroatoms. The van der Waals surface area contributed by atoms with Crippen LogP contribution >= 0.6 is 0 Å². The smallest absolute Gasteiger partial charge is 0.0866 e. The van der Waals surface area contributed by atoms with E-state index in [0.29, 0.717) is 0 Å². The van der Waals surface area contributed by atoms with Crippen molar-refractivity contribution in [2.75, 3.05) is 26.2 Å². The van der Waals surface area contributed by atoms with Crippen molar-refractivity contribution >= 4 is 0 Å². The molecule has 0 aromatic heterocycles. The molecule has 1 saturated heterocycles. The van der Waals surface area contributed by atoms with Gasteiger partial charge in [0.05, 0.1) is 11.6 Å². The van der Waals surface area contributed by atoms with Crippen LogP contribution in [0.15, 0.2) is 24.3 Å². The van der Waals surface area contributed by atoms with Gasteiger partial charge in [-0.1, -0.05) is 31.2 Å². The average Bonchev–Trinajstić information content (AvgIpc) is 2.49. The number of likely N-dealkylation sites (tertiary alicyclic amines) is 1. The zero-order valence-corrected chi connectivity index (χ0v) is 12.4. The Balaban J connectivity index is 1.77. The van der Waals surface area contributed by atoms with Gasteiger partial charge in [0, 0.05) is 13.1 Å². The molecule has 0 amide bonds. The third-order valence-electron chi connectivity index (χ3n) is 4.91. The SMILES string of the molecule is CCCN1CCC(O)(C2NCCc3ccccc32)CC1. The van der Waals surface area contributed by atoms with E-state index in [0.717, 1.165) is 45.4 Å². The van der Waals surface area contributed by atoms with Crippen molar-refractivity contribution in [2.24, 2.45) is 0 Å². The van der Waals surface area contributed by atoms with Crippen LogP contribution in [0.4, 0.5) is 0 Å². The minimum absolute atomic E-state index is 0.108. The first-order valence-electron chi connectivity index (χ1n) is 7.99. The molecule has 1 aromatic rings. The van der Waals surface area contributed by atoms with Crippen LogP contribution in [-0.2, 0) is 6.42 Å². The highest BCUT2D eigenvalue weighted by Crippen LogP contribution is 2.38. The maximum atomic E-state index is 11.1. The molecule has 0 saturated carbocycles. The van der Waals surface area contributed by atoms with Gasteiger partial charge in [-0.25, -0.2) is 0 Å². The fourth-order valence-electron chi connectivity index (χ4n) is 3.75. The van der Waals surface area contributed by atoms with Crippen LogP contribution in [0.5, 0.6) is 0 Å². The second kappa shape index (κ2) is 5.84. The third-order valence-corrected chi connectivity index (χ3v) is 4.91. The maximum absolute atomic E-state index is 11.1. The van der Waals surface area contributed by atoms with Gasteiger partial charge < -0.3 is 15.3 Å². The minimum atomic E-state index is -0.583. The van der Waals surface area contributed by atoms with Crippen LogP contribution in [-0.4, -0.2) is 41.8 Å². The van der Waals surface area contributed by atoms with Crippen molar-refractivity contribution in [1.29, 1.82) is 0 Å². The Morgan fingerprint density at radius 3 is 2.80 bits per heavy atom. The van der Waals surface area contributed by atoms with Crippen molar-refractivity contribution in [3.63, 3.8) is 0 Å². The number of benzene rings is 1. The van der Waals surface area contributed by atoms with E-state index in [2.05, 4.69) is 41.4 Å². The second-order valence-electron chi connectivity index (χ2n) is 6.28. The lowest BCUT2D eigenvalue weighted by atomic mass is 9.77. The van der Waals surface area contributed by atoms with E-state index >= 15 is 0 Å². The lowest BCUT2D eigenvalue weighted by Crippen LogP contribution is -2.53. The summed E-state index contributed by atoms with van der Waals surface area (Å²) in [7, 11) is 0. The predicted octanol–water partition coefficient (Wildman–Crippen LogP) is 2.11. The number of nitrogens with zero attached hydrogens (tertiary/aromatic N) is 1. The van der Waals surface area contributed by atoms with Crippen LogP contribution in [0.25, 0.3) is 0 Å². The average molecular weight is 274 g/mol. The second-order valence-corrected chi connectivity index (χ2v) is 6.28. The van der Waals surface area contributed by atoms with E-state index in [1.54, 1.807) is 0 Å². The molecule has 1 aromatic carbocycles. The van der Waals surface area contributed by atoms with E-state index in [9.17, 15) is 5.11 Å². The zero-order chi connectivity index (χ0) is 14.0. The molecule has 2 N–H and O–H groups in total. The lowest BCUT2D eigenvalue weighted by Gasteiger charge is -2.45. The predicted molar refractivity (Wildman–Crippen MR) is 81.8 cm³/mol. The Hall–Kier alpha value is -0.900. The van der Waals surface area contributed by atoms with Gasteiger partial charge in [0.15, 0.2) is 0 Å². The molecule has 2 aliphatic heterocycles. The summed E-state index contributed by atoms with van der Waals surface area (Å²) in [5.74, 6) is 0. The highest BCUT2D eigenvalue weighted by molar-refractivity contribution is 5.34. The number of hydrogen-bond acceptors (Lipinski definition) is 3. The molecule has 1 fully saturated rings. The number of aliphatic hydroxyl groups is 1. The van der Waals surface area contributed by atoms with Gasteiger partial charge >= 0.3 is 0 Å². The maximum Gasteiger partial charge on any atom is 0.0866 e. The molecular weight excluding hydrogens is 248 g/mol. The van der Waals surface area contributed by atoms with Gasteiger partial charge in [0.1, 0.15) is 0 Å². The molecule has 0 aliphatic carbocycles. The summed E-state index contributed by atoms with van der Waals surface area (Å²) in [5.41, 5.74) is 2.13. The van der Waals surface area contributed by atoms with E-state index in [1.807, 2.05) is 0 Å². The molecule has 1 unspecified atom stereocenters. The number of nitrogens with one attached hydrogen (secondary N) is 1. The van der Waals surface area contributed by atoms with E-state index in [4.69, 9.17) is 0 Å².